The van der Waals surface area contributed by atoms with E-state index >= 15 is 0 Å². The van der Waals surface area contributed by atoms with Crippen LogP contribution in [-0.2, 0) is 86.0 Å². The highest BCUT2D eigenvalue weighted by Crippen LogP contribution is 2.54. The maximum atomic E-state index is 15.0. The van der Waals surface area contributed by atoms with Crippen molar-refractivity contribution in [1.82, 2.24) is 10.6 Å². The summed E-state index contributed by atoms with van der Waals surface area (Å²) in [6.45, 7) is 9.41. The van der Waals surface area contributed by atoms with Crippen molar-refractivity contribution in [3.8, 4) is 0 Å². The number of rotatable bonds is 46. The molecule has 4 unspecified atom stereocenters. The van der Waals surface area contributed by atoms with Gasteiger partial charge in [-0.3, -0.25) is 37.9 Å². The highest BCUT2D eigenvalue weighted by Gasteiger charge is 2.47. The molecule has 0 spiro atoms. The second-order valence-electron chi connectivity index (χ2n) is 23.1. The third kappa shape index (κ3) is 27.8. The predicted molar refractivity (Wildman–Crippen MR) is 349 cm³/mol. The van der Waals surface area contributed by atoms with Gasteiger partial charge in [0.1, 0.15) is 6.54 Å². The minimum Gasteiger partial charge on any atom is -0.691 e. The Morgan fingerprint density at radius 1 is 0.705 bits per heavy atom. The summed E-state index contributed by atoms with van der Waals surface area (Å²) in [5.74, 6) is -5.90. The number of nitrogens with zero attached hydrogens (tertiary/aromatic N) is 2. The van der Waals surface area contributed by atoms with Gasteiger partial charge in [-0.2, -0.15) is 47.9 Å². The molecule has 0 aliphatic carbocycles. The van der Waals surface area contributed by atoms with Crippen molar-refractivity contribution in [3.63, 3.8) is 0 Å². The van der Waals surface area contributed by atoms with Crippen LogP contribution < -0.4 is 31.4 Å². The molecule has 0 radical (unpaired) electrons. The minimum atomic E-state index is -5.07. The third-order valence-electron chi connectivity index (χ3n) is 15.1. The van der Waals surface area contributed by atoms with Crippen molar-refractivity contribution in [3.05, 3.63) is 83.6 Å². The molecule has 35 heteroatoms. The van der Waals surface area contributed by atoms with Crippen LogP contribution in [0.25, 0.3) is 0 Å². The number of amides is 2. The van der Waals surface area contributed by atoms with Crippen molar-refractivity contribution >= 4 is 106 Å². The molecule has 0 saturated carbocycles. The molecule has 0 bridgehead atoms. The monoisotopic (exact) mass is 1470 g/mol. The van der Waals surface area contributed by atoms with E-state index in [0.717, 1.165) is 49.1 Å². The number of esters is 1. The van der Waals surface area contributed by atoms with Gasteiger partial charge in [-0.25, -0.2) is 0 Å². The van der Waals surface area contributed by atoms with Crippen molar-refractivity contribution in [1.29, 1.82) is 0 Å². The first-order valence-electron chi connectivity index (χ1n) is 31.1. The van der Waals surface area contributed by atoms with Gasteiger partial charge in [-0.1, -0.05) is 71.1 Å². The molecule has 95 heavy (non-hydrogen) atoms. The van der Waals surface area contributed by atoms with Crippen molar-refractivity contribution < 1.29 is 118 Å². The van der Waals surface area contributed by atoms with E-state index in [0.29, 0.717) is 73.3 Å². The average molecular weight is 1470 g/mol. The zero-order valence-electron chi connectivity index (χ0n) is 53.8. The second-order valence-corrected chi connectivity index (χ2v) is 31.5. The highest BCUT2D eigenvalue weighted by atomic mass is 32.2. The molecule has 2 aliphatic heterocycles. The number of carbonyl (C=O) groups excluding carboxylic acids is 4. The van der Waals surface area contributed by atoms with Crippen LogP contribution in [0.3, 0.4) is 0 Å². The van der Waals surface area contributed by atoms with Crippen LogP contribution in [0.2, 0.25) is 0 Å². The Kier molecular flexibility index (Phi) is 35.2. The Hall–Kier alpha value is -4.18. The summed E-state index contributed by atoms with van der Waals surface area (Å²) in [5, 5.41) is 18.1. The molecule has 536 valence electrons. The average Bonchev–Trinajstić information content (AvgIpc) is 1.60. The molecule has 2 aromatic rings. The Morgan fingerprint density at radius 3 is 1.75 bits per heavy atom. The summed E-state index contributed by atoms with van der Waals surface area (Å²) < 4.78 is 193. The molecule has 22 nitrogen and oxygen atoms in total. The first-order chi connectivity index (χ1) is 44.7. The summed E-state index contributed by atoms with van der Waals surface area (Å²) in [6, 6.07) is 10.1. The molecule has 0 fully saturated rings. The fourth-order valence-electron chi connectivity index (χ4n) is 10.3. The molecule has 4 atom stereocenters. The van der Waals surface area contributed by atoms with Gasteiger partial charge in [0.25, 0.3) is 18.3 Å². The van der Waals surface area contributed by atoms with Crippen LogP contribution in [-0.4, -0.2) is 130 Å². The van der Waals surface area contributed by atoms with Gasteiger partial charge < -0.3 is 48.1 Å². The van der Waals surface area contributed by atoms with Gasteiger partial charge in [0.15, 0.2) is 5.71 Å². The van der Waals surface area contributed by atoms with E-state index in [4.69, 9.17) is 22.8 Å². The summed E-state index contributed by atoms with van der Waals surface area (Å²) in [7, 11) is -13.4. The van der Waals surface area contributed by atoms with Gasteiger partial charge in [-0.15, -0.1) is 0 Å². The SMILES string of the molecule is CCCCCCCOP(=O)(OCCCCNC(=O)C(F)(F)F)c1ccc2c(c1)C(C)(C)C(=CC=CC=CC1=[N+](CCCSOO[O-])c3ccc(P(=O)(OCCCCCCOC(=O)CCC(=O)OP(F)P)OCCCCNC(=O)C(F)(F)F)cc3C1(C)C)N2CCCS(=O)(=O)O. The molecule has 2 amide bonds. The Morgan fingerprint density at radius 2 is 1.22 bits per heavy atom. The minimum absolute atomic E-state index is 0.0175. The van der Waals surface area contributed by atoms with Gasteiger partial charge in [-0.05, 0) is 123 Å². The molecule has 0 saturated heterocycles. The number of benzene rings is 2. The van der Waals surface area contributed by atoms with Gasteiger partial charge in [0.2, 0.25) is 5.69 Å². The standard InChI is InChI=1S/C60H87F7N4O18P4S2/c1-6-7-8-9-18-37-83-92(77,85-39-20-15-32-68-55(74)59(61,62)63)46-27-29-50-48(44-46)58(4,5)52(71(50)35-23-42-95(79,80)81)25-14-12-13-24-51-57(2,3)47-43-45(26-28-49(47)70(51)34-22-41-94-89-88-76)93(78,86-40-21-16-33-69-56(75)60(64,65)66)84-38-19-11-10-17-36-82-53(72)30-31-54(73)87-91(67)90/h12-14,24-29,43-44H,6-11,15-23,30-42,90H2,1-5H3,(H3-,68,69,74,75,76,79,80,81). The number of carbonyl (C=O) groups is 4. The lowest BCUT2D eigenvalue weighted by Gasteiger charge is -2.27. The van der Waals surface area contributed by atoms with Gasteiger partial charge >= 0.3 is 51.3 Å². The molecule has 3 N–H and O–H groups in total. The highest BCUT2D eigenvalue weighted by molar-refractivity contribution is 8.08. The van der Waals surface area contributed by atoms with Crippen LogP contribution in [0.1, 0.15) is 155 Å². The van der Waals surface area contributed by atoms with Crippen molar-refractivity contribution in [2.24, 2.45) is 0 Å². The molecule has 0 aromatic heterocycles. The first kappa shape index (κ1) is 83.2. The maximum Gasteiger partial charge on any atom is 0.471 e. The lowest BCUT2D eigenvalue weighted by atomic mass is 9.81. The number of fused-ring (bicyclic) bond motifs is 2. The van der Waals surface area contributed by atoms with Crippen LogP contribution in [0.4, 0.5) is 41.9 Å². The van der Waals surface area contributed by atoms with E-state index in [1.807, 2.05) is 54.6 Å². The number of unbranched alkanes of at least 4 members (excludes halogenated alkanes) is 9. The fraction of sp³-hybridized carbons (Fsp3) is 0.617. The largest absolute Gasteiger partial charge is 0.691 e. The zero-order chi connectivity index (χ0) is 70.5. The number of alkyl halides is 6. The van der Waals surface area contributed by atoms with Crippen LogP contribution in [0.15, 0.2) is 72.5 Å². The lowest BCUT2D eigenvalue weighted by Crippen LogP contribution is -2.37. The zero-order valence-corrected chi connectivity index (χ0v) is 59.3. The molecule has 4 rings (SSSR count). The lowest BCUT2D eigenvalue weighted by molar-refractivity contribution is -0.777. The number of hydrogen-bond donors (Lipinski definition) is 3. The van der Waals surface area contributed by atoms with E-state index in [1.54, 1.807) is 68.9 Å². The molecular weight excluding hydrogens is 1390 g/mol. The molecule has 2 aromatic carbocycles. The Labute approximate surface area is 558 Å². The number of anilines is 1. The predicted octanol–water partition coefficient (Wildman–Crippen LogP) is 12.5. The molecular formula is C60H87F7N4O18P4S2. The van der Waals surface area contributed by atoms with E-state index in [1.165, 1.54) is 0 Å². The Bertz CT molecular complexity index is 3190. The topological polar surface area (TPSA) is 284 Å². The molecule has 2 aliphatic rings. The van der Waals surface area contributed by atoms with Crippen LogP contribution in [0, 0.1) is 0 Å². The Balaban J connectivity index is 1.64. The first-order valence-corrected chi connectivity index (χ1v) is 39.5. The smallest absolute Gasteiger partial charge is 0.471 e. The third-order valence-corrected chi connectivity index (χ3v) is 21.1. The van der Waals surface area contributed by atoms with Crippen LogP contribution >= 0.6 is 44.3 Å². The fourth-order valence-corrected chi connectivity index (χ4v) is 15.1. The van der Waals surface area contributed by atoms with Crippen molar-refractivity contribution in [2.75, 3.05) is 75.6 Å². The number of hydrogen-bond acceptors (Lipinski definition) is 19. The van der Waals surface area contributed by atoms with E-state index < -0.39 is 86.1 Å². The number of ether oxygens (including phenoxy) is 1. The normalized spacial score (nSPS) is 16.7. The van der Waals surface area contributed by atoms with Gasteiger partial charge in [0, 0.05) is 78.4 Å². The van der Waals surface area contributed by atoms with Crippen LogP contribution in [0.5, 0.6) is 0 Å². The van der Waals surface area contributed by atoms with E-state index in [9.17, 15) is 77.1 Å². The number of nitrogens with one attached hydrogen (secondary N) is 2. The summed E-state index contributed by atoms with van der Waals surface area (Å²) >= 11 is 0.811. The summed E-state index contributed by atoms with van der Waals surface area (Å²) in [5.41, 5.74) is 2.57. The second kappa shape index (κ2) is 40.2. The summed E-state index contributed by atoms with van der Waals surface area (Å²) in [4.78, 5) is 48.2. The van der Waals surface area contributed by atoms with Gasteiger partial charge in [0.05, 0.1) is 67.7 Å². The number of halogens is 7. The van der Waals surface area contributed by atoms with E-state index in [2.05, 4.69) is 20.8 Å². The quantitative estimate of drug-likeness (QED) is 0.00530. The summed E-state index contributed by atoms with van der Waals surface area (Å²) in [6.07, 6.45) is 5.47. The molecule has 2 heterocycles. The number of allylic oxidation sites excluding steroid dienone is 6. The van der Waals surface area contributed by atoms with Crippen molar-refractivity contribution in [2.45, 2.75) is 167 Å². The van der Waals surface area contributed by atoms with E-state index in [-0.39, 0.29) is 108 Å². The maximum absolute atomic E-state index is 15.0.